The van der Waals surface area contributed by atoms with E-state index in [9.17, 15) is 0 Å². The molecule has 0 aliphatic heterocycles. The molecule has 1 aromatic heterocycles. The van der Waals surface area contributed by atoms with Crippen molar-refractivity contribution >= 4 is 11.6 Å². The molecule has 0 saturated carbocycles. The number of hydrogen-bond acceptors (Lipinski definition) is 2. The van der Waals surface area contributed by atoms with E-state index in [1.54, 1.807) is 0 Å². The van der Waals surface area contributed by atoms with Crippen LogP contribution in [0, 0.1) is 0 Å². The first-order chi connectivity index (χ1) is 8.20. The smallest absolute Gasteiger partial charge is 0.113 e. The first-order valence-corrected chi connectivity index (χ1v) is 6.02. The molecule has 2 rings (SSSR count). The number of rotatable bonds is 4. The van der Waals surface area contributed by atoms with Crippen LogP contribution in [0.2, 0.25) is 5.02 Å². The van der Waals surface area contributed by atoms with Crippen LogP contribution in [0.25, 0.3) is 0 Å². The molecule has 1 heterocycles. The summed E-state index contributed by atoms with van der Waals surface area (Å²) in [6, 6.07) is 7.86. The van der Waals surface area contributed by atoms with Crippen molar-refractivity contribution in [1.82, 2.24) is 9.55 Å². The highest BCUT2D eigenvalue weighted by Gasteiger charge is 2.06. The SMILES string of the molecule is Cn1c(CCN)cnc1Cc1ccc(Cl)cc1. The Kier molecular flexibility index (Phi) is 3.82. The van der Waals surface area contributed by atoms with Gasteiger partial charge in [0.2, 0.25) is 0 Å². The van der Waals surface area contributed by atoms with Crippen molar-refractivity contribution in [2.75, 3.05) is 6.54 Å². The van der Waals surface area contributed by atoms with Crippen molar-refractivity contribution in [3.8, 4) is 0 Å². The van der Waals surface area contributed by atoms with E-state index in [-0.39, 0.29) is 0 Å². The fourth-order valence-corrected chi connectivity index (χ4v) is 1.94. The second kappa shape index (κ2) is 5.34. The zero-order valence-corrected chi connectivity index (χ0v) is 10.6. The minimum atomic E-state index is 0.653. The predicted octanol–water partition coefficient (Wildman–Crippen LogP) is 2.17. The van der Waals surface area contributed by atoms with Crippen LogP contribution in [0.3, 0.4) is 0 Å². The van der Waals surface area contributed by atoms with E-state index in [0.717, 1.165) is 23.7 Å². The zero-order valence-electron chi connectivity index (χ0n) is 9.86. The van der Waals surface area contributed by atoms with Gasteiger partial charge in [-0.25, -0.2) is 4.98 Å². The number of benzene rings is 1. The molecule has 0 unspecified atom stereocenters. The third kappa shape index (κ3) is 2.87. The molecule has 1 aromatic carbocycles. The number of nitrogens with two attached hydrogens (primary N) is 1. The lowest BCUT2D eigenvalue weighted by Gasteiger charge is -2.05. The van der Waals surface area contributed by atoms with Crippen LogP contribution in [-0.2, 0) is 19.9 Å². The summed E-state index contributed by atoms with van der Waals surface area (Å²) in [6.45, 7) is 0.653. The molecule has 2 aromatic rings. The molecule has 0 spiro atoms. The van der Waals surface area contributed by atoms with Gasteiger partial charge in [0.05, 0.1) is 0 Å². The summed E-state index contributed by atoms with van der Waals surface area (Å²) in [5, 5.41) is 0.761. The van der Waals surface area contributed by atoms with Gasteiger partial charge in [0.15, 0.2) is 0 Å². The quantitative estimate of drug-likeness (QED) is 0.903. The highest BCUT2D eigenvalue weighted by atomic mass is 35.5. The maximum absolute atomic E-state index is 5.86. The van der Waals surface area contributed by atoms with E-state index in [4.69, 9.17) is 17.3 Å². The summed E-state index contributed by atoms with van der Waals surface area (Å²) in [6.07, 6.45) is 3.58. The van der Waals surface area contributed by atoms with E-state index < -0.39 is 0 Å². The summed E-state index contributed by atoms with van der Waals surface area (Å²) in [5.74, 6) is 1.05. The molecule has 0 aliphatic carbocycles. The summed E-state index contributed by atoms with van der Waals surface area (Å²) < 4.78 is 2.11. The Morgan fingerprint density at radius 1 is 1.29 bits per heavy atom. The van der Waals surface area contributed by atoms with Crippen LogP contribution in [0.4, 0.5) is 0 Å². The Labute approximate surface area is 106 Å². The van der Waals surface area contributed by atoms with Crippen LogP contribution in [0.5, 0.6) is 0 Å². The Morgan fingerprint density at radius 2 is 2.00 bits per heavy atom. The molecule has 0 aliphatic rings. The normalized spacial score (nSPS) is 10.8. The highest BCUT2D eigenvalue weighted by Crippen LogP contribution is 2.13. The van der Waals surface area contributed by atoms with Gasteiger partial charge in [-0.15, -0.1) is 0 Å². The van der Waals surface area contributed by atoms with Crippen molar-refractivity contribution in [3.05, 3.63) is 52.6 Å². The first-order valence-electron chi connectivity index (χ1n) is 5.64. The van der Waals surface area contributed by atoms with Gasteiger partial charge in [-0.1, -0.05) is 23.7 Å². The van der Waals surface area contributed by atoms with Gasteiger partial charge in [-0.05, 0) is 24.2 Å². The van der Waals surface area contributed by atoms with Crippen LogP contribution in [0.1, 0.15) is 17.1 Å². The summed E-state index contributed by atoms with van der Waals surface area (Å²) >= 11 is 5.86. The van der Waals surface area contributed by atoms with Crippen molar-refractivity contribution in [2.24, 2.45) is 12.8 Å². The second-order valence-electron chi connectivity index (χ2n) is 4.07. The minimum absolute atomic E-state index is 0.653. The third-order valence-electron chi connectivity index (χ3n) is 2.86. The molecule has 0 atom stereocenters. The molecule has 0 fully saturated rings. The zero-order chi connectivity index (χ0) is 12.3. The van der Waals surface area contributed by atoms with Gasteiger partial charge in [-0.3, -0.25) is 0 Å². The average molecular weight is 250 g/mol. The Hall–Kier alpha value is -1.32. The maximum Gasteiger partial charge on any atom is 0.113 e. The molecule has 17 heavy (non-hydrogen) atoms. The van der Waals surface area contributed by atoms with Crippen LogP contribution in [0.15, 0.2) is 30.5 Å². The highest BCUT2D eigenvalue weighted by molar-refractivity contribution is 6.30. The number of hydrogen-bond donors (Lipinski definition) is 1. The van der Waals surface area contributed by atoms with E-state index in [1.165, 1.54) is 11.3 Å². The van der Waals surface area contributed by atoms with Gasteiger partial charge < -0.3 is 10.3 Å². The monoisotopic (exact) mass is 249 g/mol. The van der Waals surface area contributed by atoms with Crippen LogP contribution < -0.4 is 5.73 Å². The first kappa shape index (κ1) is 12.1. The molecule has 0 amide bonds. The molecular formula is C13H16ClN3. The predicted molar refractivity (Wildman–Crippen MR) is 70.2 cm³/mol. The molecule has 4 heteroatoms. The van der Waals surface area contributed by atoms with Crippen molar-refractivity contribution in [2.45, 2.75) is 12.8 Å². The van der Waals surface area contributed by atoms with E-state index in [1.807, 2.05) is 37.5 Å². The summed E-state index contributed by atoms with van der Waals surface area (Å²) in [4.78, 5) is 4.43. The number of nitrogens with zero attached hydrogens (tertiary/aromatic N) is 2. The second-order valence-corrected chi connectivity index (χ2v) is 4.50. The van der Waals surface area contributed by atoms with Gasteiger partial charge in [0.25, 0.3) is 0 Å². The molecule has 0 bridgehead atoms. The van der Waals surface area contributed by atoms with E-state index >= 15 is 0 Å². The Bertz CT molecular complexity index is 488. The molecule has 3 nitrogen and oxygen atoms in total. The van der Waals surface area contributed by atoms with Crippen LogP contribution in [-0.4, -0.2) is 16.1 Å². The summed E-state index contributed by atoms with van der Waals surface area (Å²) in [5.41, 5.74) is 7.94. The van der Waals surface area contributed by atoms with Gasteiger partial charge in [-0.2, -0.15) is 0 Å². The van der Waals surface area contributed by atoms with Gasteiger partial charge in [0.1, 0.15) is 5.82 Å². The van der Waals surface area contributed by atoms with Crippen molar-refractivity contribution in [3.63, 3.8) is 0 Å². The van der Waals surface area contributed by atoms with Crippen LogP contribution >= 0.6 is 11.6 Å². The Balaban J connectivity index is 2.16. The fraction of sp³-hybridized carbons (Fsp3) is 0.308. The van der Waals surface area contributed by atoms with E-state index in [0.29, 0.717) is 6.54 Å². The summed E-state index contributed by atoms with van der Waals surface area (Å²) in [7, 11) is 2.03. The van der Waals surface area contributed by atoms with Gasteiger partial charge >= 0.3 is 0 Å². The van der Waals surface area contributed by atoms with E-state index in [2.05, 4.69) is 9.55 Å². The Morgan fingerprint density at radius 3 is 2.65 bits per heavy atom. The maximum atomic E-state index is 5.86. The number of imidazole rings is 1. The molecular weight excluding hydrogens is 234 g/mol. The molecule has 0 radical (unpaired) electrons. The lowest BCUT2D eigenvalue weighted by molar-refractivity contribution is 0.758. The lowest BCUT2D eigenvalue weighted by atomic mass is 10.1. The largest absolute Gasteiger partial charge is 0.335 e. The third-order valence-corrected chi connectivity index (χ3v) is 3.11. The number of halogens is 1. The van der Waals surface area contributed by atoms with Crippen molar-refractivity contribution < 1.29 is 0 Å². The standard InChI is InChI=1S/C13H16ClN3/c1-17-12(6-7-15)9-16-13(17)8-10-2-4-11(14)5-3-10/h2-5,9H,6-8,15H2,1H3. The molecule has 2 N–H and O–H groups in total. The lowest BCUT2D eigenvalue weighted by Crippen LogP contribution is -2.08. The average Bonchev–Trinajstić information content (AvgIpc) is 2.65. The van der Waals surface area contributed by atoms with Gasteiger partial charge in [0, 0.05) is 36.8 Å². The van der Waals surface area contributed by atoms with Crippen molar-refractivity contribution in [1.29, 1.82) is 0 Å². The topological polar surface area (TPSA) is 43.8 Å². The molecule has 0 saturated heterocycles. The number of aromatic nitrogens is 2. The fourth-order valence-electron chi connectivity index (χ4n) is 1.82. The minimum Gasteiger partial charge on any atom is -0.335 e. The molecule has 90 valence electrons.